The van der Waals surface area contributed by atoms with Crippen molar-refractivity contribution in [1.29, 1.82) is 0 Å². The van der Waals surface area contributed by atoms with Crippen LogP contribution in [-0.4, -0.2) is 63.3 Å². The van der Waals surface area contributed by atoms with Crippen LogP contribution in [-0.2, 0) is 12.8 Å². The average Bonchev–Trinajstić information content (AvgIpc) is 2.92. The molecule has 3 aromatic rings. The van der Waals surface area contributed by atoms with Gasteiger partial charge in [0.1, 0.15) is 11.4 Å². The van der Waals surface area contributed by atoms with Crippen LogP contribution in [0.25, 0.3) is 0 Å². The Balaban J connectivity index is 1.46. The largest absolute Gasteiger partial charge is 0.493 e. The molecule has 0 radical (unpaired) electrons. The van der Waals surface area contributed by atoms with Gasteiger partial charge in [-0.3, -0.25) is 9.59 Å². The number of methoxy groups -OCH3 is 4. The first-order chi connectivity index (χ1) is 17.5. The summed E-state index contributed by atoms with van der Waals surface area (Å²) in [7, 11) is 6.30. The number of hydrogen-bond donors (Lipinski definition) is 2. The van der Waals surface area contributed by atoms with E-state index in [0.29, 0.717) is 48.9 Å². The van der Waals surface area contributed by atoms with Crippen molar-refractivity contribution in [3.05, 3.63) is 71.3 Å². The van der Waals surface area contributed by atoms with Crippen molar-refractivity contribution in [3.63, 3.8) is 0 Å². The predicted octanol–water partition coefficient (Wildman–Crippen LogP) is 2.46. The molecule has 0 aliphatic heterocycles. The lowest BCUT2D eigenvalue weighted by molar-refractivity contribution is 0.0934. The third-order valence-electron chi connectivity index (χ3n) is 5.41. The molecule has 10 nitrogen and oxygen atoms in total. The standard InChI is InChI=1S/C26H30N4O6/c1-33-21-7-5-17(13-23(21)35-3)9-11-27-25(31)19-15-30-20(16-29-19)26(32)28-12-10-18-6-8-22(34-2)24(14-18)36-4/h5-8,13-16H,9-12H2,1-4H3,(H,27,31)(H,28,32). The predicted molar refractivity (Wildman–Crippen MR) is 133 cm³/mol. The van der Waals surface area contributed by atoms with E-state index in [4.69, 9.17) is 18.9 Å². The van der Waals surface area contributed by atoms with Crippen LogP contribution < -0.4 is 29.6 Å². The van der Waals surface area contributed by atoms with E-state index < -0.39 is 0 Å². The second-order valence-electron chi connectivity index (χ2n) is 7.68. The van der Waals surface area contributed by atoms with E-state index in [-0.39, 0.29) is 23.2 Å². The highest BCUT2D eigenvalue weighted by atomic mass is 16.5. The third-order valence-corrected chi connectivity index (χ3v) is 5.41. The Kier molecular flexibility index (Phi) is 9.44. The normalized spacial score (nSPS) is 10.3. The van der Waals surface area contributed by atoms with Gasteiger partial charge in [0.15, 0.2) is 23.0 Å². The molecule has 0 atom stereocenters. The Morgan fingerprint density at radius 3 is 1.36 bits per heavy atom. The fraction of sp³-hybridized carbons (Fsp3) is 0.308. The van der Waals surface area contributed by atoms with Crippen molar-refractivity contribution in [1.82, 2.24) is 20.6 Å². The zero-order valence-electron chi connectivity index (χ0n) is 20.8. The first-order valence-corrected chi connectivity index (χ1v) is 11.3. The van der Waals surface area contributed by atoms with Crippen LogP contribution >= 0.6 is 0 Å². The number of rotatable bonds is 12. The number of aromatic nitrogens is 2. The van der Waals surface area contributed by atoms with Crippen LogP contribution in [0, 0.1) is 0 Å². The summed E-state index contributed by atoms with van der Waals surface area (Å²) in [6.07, 6.45) is 3.77. The zero-order valence-corrected chi connectivity index (χ0v) is 20.8. The number of nitrogens with one attached hydrogen (secondary N) is 2. The molecule has 0 spiro atoms. The van der Waals surface area contributed by atoms with Crippen LogP contribution in [0.15, 0.2) is 48.8 Å². The second kappa shape index (κ2) is 12.9. The van der Waals surface area contributed by atoms with Crippen LogP contribution in [0.2, 0.25) is 0 Å². The number of carbonyl (C=O) groups is 2. The van der Waals surface area contributed by atoms with Crippen molar-refractivity contribution in [2.75, 3.05) is 41.5 Å². The van der Waals surface area contributed by atoms with Crippen molar-refractivity contribution in [2.24, 2.45) is 0 Å². The van der Waals surface area contributed by atoms with Gasteiger partial charge in [-0.25, -0.2) is 9.97 Å². The zero-order chi connectivity index (χ0) is 25.9. The number of carbonyl (C=O) groups excluding carboxylic acids is 2. The minimum atomic E-state index is -0.372. The lowest BCUT2D eigenvalue weighted by Gasteiger charge is -2.10. The van der Waals surface area contributed by atoms with Gasteiger partial charge in [-0.15, -0.1) is 0 Å². The Morgan fingerprint density at radius 1 is 0.639 bits per heavy atom. The second-order valence-corrected chi connectivity index (χ2v) is 7.68. The van der Waals surface area contributed by atoms with E-state index in [9.17, 15) is 9.59 Å². The van der Waals surface area contributed by atoms with E-state index in [1.54, 1.807) is 28.4 Å². The fourth-order valence-corrected chi connectivity index (χ4v) is 3.46. The summed E-state index contributed by atoms with van der Waals surface area (Å²) >= 11 is 0. The van der Waals surface area contributed by atoms with Crippen molar-refractivity contribution in [3.8, 4) is 23.0 Å². The van der Waals surface area contributed by atoms with Crippen molar-refractivity contribution >= 4 is 11.8 Å². The summed E-state index contributed by atoms with van der Waals surface area (Å²) in [5.74, 6) is 1.80. The number of benzene rings is 2. The lowest BCUT2D eigenvalue weighted by Crippen LogP contribution is -2.28. The molecule has 0 aliphatic rings. The minimum Gasteiger partial charge on any atom is -0.493 e. The molecule has 2 N–H and O–H groups in total. The number of amides is 2. The van der Waals surface area contributed by atoms with E-state index in [1.807, 2.05) is 36.4 Å². The SMILES string of the molecule is COc1ccc(CCNC(=O)c2cnc(C(=O)NCCc3ccc(OC)c(OC)c3)cn2)cc1OC. The van der Waals surface area contributed by atoms with Gasteiger partial charge in [0.25, 0.3) is 11.8 Å². The smallest absolute Gasteiger partial charge is 0.271 e. The van der Waals surface area contributed by atoms with Gasteiger partial charge >= 0.3 is 0 Å². The first kappa shape index (κ1) is 26.3. The highest BCUT2D eigenvalue weighted by molar-refractivity contribution is 5.94. The minimum absolute atomic E-state index is 0.129. The van der Waals surface area contributed by atoms with Gasteiger partial charge in [-0.2, -0.15) is 0 Å². The fourth-order valence-electron chi connectivity index (χ4n) is 3.46. The van der Waals surface area contributed by atoms with E-state index in [1.165, 1.54) is 12.4 Å². The first-order valence-electron chi connectivity index (χ1n) is 11.3. The molecule has 0 unspecified atom stereocenters. The molecule has 0 aliphatic carbocycles. The molecule has 0 saturated carbocycles. The summed E-state index contributed by atoms with van der Waals surface area (Å²) in [5, 5.41) is 5.60. The summed E-state index contributed by atoms with van der Waals surface area (Å²) < 4.78 is 21.1. The Hall–Kier alpha value is -4.34. The summed E-state index contributed by atoms with van der Waals surface area (Å²) in [5.41, 5.74) is 2.23. The molecule has 1 aromatic heterocycles. The van der Waals surface area contributed by atoms with Crippen LogP contribution in [0.4, 0.5) is 0 Å². The number of hydrogen-bond acceptors (Lipinski definition) is 8. The number of ether oxygens (including phenoxy) is 4. The van der Waals surface area contributed by atoms with Gasteiger partial charge in [-0.1, -0.05) is 12.1 Å². The topological polar surface area (TPSA) is 121 Å². The van der Waals surface area contributed by atoms with Crippen molar-refractivity contribution < 1.29 is 28.5 Å². The summed E-state index contributed by atoms with van der Waals surface area (Å²) in [6.45, 7) is 0.794. The third kappa shape index (κ3) is 6.84. The molecular formula is C26H30N4O6. The number of nitrogens with zero attached hydrogens (tertiary/aromatic N) is 2. The van der Waals surface area contributed by atoms with Crippen LogP contribution in [0.1, 0.15) is 32.1 Å². The van der Waals surface area contributed by atoms with Gasteiger partial charge in [0.2, 0.25) is 0 Å². The molecule has 0 bridgehead atoms. The Bertz CT molecular complexity index is 1090. The maximum absolute atomic E-state index is 12.4. The molecule has 36 heavy (non-hydrogen) atoms. The van der Waals surface area contributed by atoms with E-state index in [2.05, 4.69) is 20.6 Å². The highest BCUT2D eigenvalue weighted by Crippen LogP contribution is 2.28. The molecule has 190 valence electrons. The Labute approximate surface area is 210 Å². The Morgan fingerprint density at radius 2 is 1.03 bits per heavy atom. The molecule has 3 rings (SSSR count). The molecule has 1 heterocycles. The molecule has 2 amide bonds. The molecular weight excluding hydrogens is 464 g/mol. The maximum Gasteiger partial charge on any atom is 0.271 e. The average molecular weight is 495 g/mol. The summed E-state index contributed by atoms with van der Waals surface area (Å²) in [6, 6.07) is 11.2. The lowest BCUT2D eigenvalue weighted by atomic mass is 10.1. The van der Waals surface area contributed by atoms with Gasteiger partial charge in [0.05, 0.1) is 40.8 Å². The van der Waals surface area contributed by atoms with Crippen LogP contribution in [0.3, 0.4) is 0 Å². The summed E-state index contributed by atoms with van der Waals surface area (Å²) in [4.78, 5) is 32.9. The molecule has 0 saturated heterocycles. The van der Waals surface area contributed by atoms with E-state index in [0.717, 1.165) is 11.1 Å². The molecule has 0 fully saturated rings. The van der Waals surface area contributed by atoms with Crippen molar-refractivity contribution in [2.45, 2.75) is 12.8 Å². The van der Waals surface area contributed by atoms with Gasteiger partial charge in [0, 0.05) is 13.1 Å². The maximum atomic E-state index is 12.4. The van der Waals surface area contributed by atoms with E-state index >= 15 is 0 Å². The quantitative estimate of drug-likeness (QED) is 0.394. The molecule has 10 heteroatoms. The molecule has 2 aromatic carbocycles. The van der Waals surface area contributed by atoms with Crippen LogP contribution in [0.5, 0.6) is 23.0 Å². The van der Waals surface area contributed by atoms with Gasteiger partial charge in [-0.05, 0) is 48.2 Å². The monoisotopic (exact) mass is 494 g/mol. The van der Waals surface area contributed by atoms with Gasteiger partial charge < -0.3 is 29.6 Å². The highest BCUT2D eigenvalue weighted by Gasteiger charge is 2.12.